The summed E-state index contributed by atoms with van der Waals surface area (Å²) < 4.78 is 19.2. The maximum absolute atomic E-state index is 12.7. The quantitative estimate of drug-likeness (QED) is 0.845. The molecule has 0 saturated carbocycles. The van der Waals surface area contributed by atoms with E-state index < -0.39 is 6.67 Å². The Kier molecular flexibility index (Phi) is 5.10. The van der Waals surface area contributed by atoms with Crippen LogP contribution in [0.1, 0.15) is 11.5 Å². The molecule has 2 N–H and O–H groups in total. The van der Waals surface area contributed by atoms with E-state index in [-0.39, 0.29) is 24.3 Å². The van der Waals surface area contributed by atoms with E-state index in [0.29, 0.717) is 18.0 Å². The lowest BCUT2D eigenvalue weighted by molar-refractivity contribution is -0.119. The Balaban J connectivity index is 1.67. The lowest BCUT2D eigenvalue weighted by Gasteiger charge is -2.17. The number of ether oxygens (including phenoxy) is 1. The Labute approximate surface area is 140 Å². The van der Waals surface area contributed by atoms with E-state index in [2.05, 4.69) is 15.7 Å². The van der Waals surface area contributed by atoms with Gasteiger partial charge in [0.2, 0.25) is 5.91 Å². The van der Waals surface area contributed by atoms with Gasteiger partial charge in [-0.15, -0.1) is 0 Å². The Hall–Kier alpha value is -2.41. The minimum atomic E-state index is -0.545. The van der Waals surface area contributed by atoms with Crippen molar-refractivity contribution < 1.29 is 13.9 Å². The molecule has 2 aromatic rings. The summed E-state index contributed by atoms with van der Waals surface area (Å²) >= 11 is 0. The van der Waals surface area contributed by atoms with Crippen LogP contribution in [0.3, 0.4) is 0 Å². The van der Waals surface area contributed by atoms with Gasteiger partial charge in [0.1, 0.15) is 19.0 Å². The van der Waals surface area contributed by atoms with Gasteiger partial charge in [-0.05, 0) is 17.7 Å². The van der Waals surface area contributed by atoms with Crippen LogP contribution >= 0.6 is 0 Å². The normalized spacial score (nSPS) is 20.1. The number of nitrogens with one attached hydrogen (secondary N) is 2. The summed E-state index contributed by atoms with van der Waals surface area (Å²) in [7, 11) is 1.86. The van der Waals surface area contributed by atoms with Gasteiger partial charge in [0, 0.05) is 44.0 Å². The number of hydrogen-bond donors (Lipinski definition) is 2. The molecule has 0 spiro atoms. The molecule has 1 aliphatic rings. The highest BCUT2D eigenvalue weighted by Crippen LogP contribution is 2.29. The number of nitrogens with zero attached hydrogens (tertiary/aromatic N) is 2. The average Bonchev–Trinajstić information content (AvgIpc) is 3.21. The molecule has 1 amide bonds. The smallest absolute Gasteiger partial charge is 0.229 e. The van der Waals surface area contributed by atoms with Crippen LogP contribution in [-0.4, -0.2) is 42.1 Å². The summed E-state index contributed by atoms with van der Waals surface area (Å²) in [5.41, 5.74) is 1.70. The molecule has 7 heteroatoms. The Morgan fingerprint density at radius 1 is 1.50 bits per heavy atom. The number of benzene rings is 1. The zero-order chi connectivity index (χ0) is 16.9. The van der Waals surface area contributed by atoms with Crippen molar-refractivity contribution in [3.05, 3.63) is 42.2 Å². The van der Waals surface area contributed by atoms with E-state index >= 15 is 0 Å². The third kappa shape index (κ3) is 3.73. The monoisotopic (exact) mass is 332 g/mol. The molecule has 0 bridgehead atoms. The molecule has 0 aliphatic carbocycles. The number of alkyl halides is 1. The molecule has 0 unspecified atom stereocenters. The van der Waals surface area contributed by atoms with Crippen LogP contribution in [0.5, 0.6) is 5.75 Å². The molecule has 0 radical (unpaired) electrons. The zero-order valence-electron chi connectivity index (χ0n) is 13.5. The molecule has 1 aromatic carbocycles. The maximum atomic E-state index is 12.7. The van der Waals surface area contributed by atoms with Crippen molar-refractivity contribution in [1.82, 2.24) is 15.1 Å². The highest BCUT2D eigenvalue weighted by Gasteiger charge is 2.34. The van der Waals surface area contributed by atoms with Gasteiger partial charge >= 0.3 is 0 Å². The maximum Gasteiger partial charge on any atom is 0.229 e. The number of carbonyl (C=O) groups is 1. The van der Waals surface area contributed by atoms with Gasteiger partial charge in [-0.1, -0.05) is 6.07 Å². The van der Waals surface area contributed by atoms with Crippen molar-refractivity contribution in [2.24, 2.45) is 13.0 Å². The van der Waals surface area contributed by atoms with Gasteiger partial charge < -0.3 is 15.4 Å². The summed E-state index contributed by atoms with van der Waals surface area (Å²) in [6.07, 6.45) is 3.76. The molecule has 2 atom stereocenters. The minimum Gasteiger partial charge on any atom is -0.491 e. The predicted octanol–water partition coefficient (Wildman–Crippen LogP) is 1.71. The molecule has 2 heterocycles. The SMILES string of the molecule is Cn1cc([C@H]2CNC[C@@H]2C(=O)Nc2cccc(OCCF)c2)cn1. The topological polar surface area (TPSA) is 68.2 Å². The van der Waals surface area contributed by atoms with Crippen molar-refractivity contribution in [3.8, 4) is 5.75 Å². The van der Waals surface area contributed by atoms with Crippen LogP contribution in [0.25, 0.3) is 0 Å². The number of rotatable bonds is 6. The molecule has 24 heavy (non-hydrogen) atoms. The first-order valence-electron chi connectivity index (χ1n) is 7.96. The summed E-state index contributed by atoms with van der Waals surface area (Å²) in [5.74, 6) is 0.435. The van der Waals surface area contributed by atoms with Crippen LogP contribution in [0.4, 0.5) is 10.1 Å². The first-order valence-corrected chi connectivity index (χ1v) is 7.96. The van der Waals surface area contributed by atoms with Crippen LogP contribution in [0.2, 0.25) is 0 Å². The standard InChI is InChI=1S/C17H21FN4O2/c1-22-11-12(8-20-22)15-9-19-10-16(15)17(23)21-13-3-2-4-14(7-13)24-6-5-18/h2-4,7-8,11,15-16,19H,5-6,9-10H2,1H3,(H,21,23)/t15-,16+/m1/s1. The molecule has 1 saturated heterocycles. The fraction of sp³-hybridized carbons (Fsp3) is 0.412. The zero-order valence-corrected chi connectivity index (χ0v) is 13.5. The second kappa shape index (κ2) is 7.44. The largest absolute Gasteiger partial charge is 0.491 e. The van der Waals surface area contributed by atoms with Crippen molar-refractivity contribution in [2.75, 3.05) is 31.7 Å². The van der Waals surface area contributed by atoms with Crippen molar-refractivity contribution in [1.29, 1.82) is 0 Å². The van der Waals surface area contributed by atoms with Crippen molar-refractivity contribution in [3.63, 3.8) is 0 Å². The van der Waals surface area contributed by atoms with E-state index in [1.807, 2.05) is 19.4 Å². The van der Waals surface area contributed by atoms with Crippen LogP contribution in [0.15, 0.2) is 36.7 Å². The molecule has 1 aliphatic heterocycles. The third-order valence-electron chi connectivity index (χ3n) is 4.15. The number of halogens is 1. The number of carbonyl (C=O) groups excluding carboxylic acids is 1. The van der Waals surface area contributed by atoms with Crippen LogP contribution < -0.4 is 15.4 Å². The van der Waals surface area contributed by atoms with E-state index in [9.17, 15) is 9.18 Å². The molecule has 6 nitrogen and oxygen atoms in total. The van der Waals surface area contributed by atoms with Gasteiger partial charge in [0.05, 0.1) is 12.1 Å². The van der Waals surface area contributed by atoms with Crippen LogP contribution in [-0.2, 0) is 11.8 Å². The lowest BCUT2D eigenvalue weighted by atomic mass is 9.90. The van der Waals surface area contributed by atoms with Crippen molar-refractivity contribution >= 4 is 11.6 Å². The summed E-state index contributed by atoms with van der Waals surface area (Å²) in [5, 5.41) is 10.4. The fourth-order valence-electron chi connectivity index (χ4n) is 2.99. The second-order valence-electron chi connectivity index (χ2n) is 5.87. The predicted molar refractivity (Wildman–Crippen MR) is 88.9 cm³/mol. The number of hydrogen-bond acceptors (Lipinski definition) is 4. The summed E-state index contributed by atoms with van der Waals surface area (Å²) in [6.45, 7) is 0.844. The Bertz CT molecular complexity index is 703. The van der Waals surface area contributed by atoms with Crippen molar-refractivity contribution in [2.45, 2.75) is 5.92 Å². The molecular weight excluding hydrogens is 311 g/mol. The number of anilines is 1. The van der Waals surface area contributed by atoms with Gasteiger partial charge in [0.15, 0.2) is 0 Å². The summed E-state index contributed by atoms with van der Waals surface area (Å²) in [6, 6.07) is 7.01. The van der Waals surface area contributed by atoms with E-state index in [0.717, 1.165) is 12.1 Å². The van der Waals surface area contributed by atoms with E-state index in [1.165, 1.54) is 0 Å². The highest BCUT2D eigenvalue weighted by atomic mass is 19.1. The first-order chi connectivity index (χ1) is 11.7. The summed E-state index contributed by atoms with van der Waals surface area (Å²) in [4.78, 5) is 12.7. The number of amides is 1. The van der Waals surface area contributed by atoms with Gasteiger partial charge in [-0.3, -0.25) is 9.48 Å². The molecular formula is C17H21FN4O2. The van der Waals surface area contributed by atoms with E-state index in [4.69, 9.17) is 4.74 Å². The van der Waals surface area contributed by atoms with Gasteiger partial charge in [-0.2, -0.15) is 5.10 Å². The minimum absolute atomic E-state index is 0.00697. The molecule has 1 aromatic heterocycles. The van der Waals surface area contributed by atoms with Gasteiger partial charge in [0.25, 0.3) is 0 Å². The van der Waals surface area contributed by atoms with E-state index in [1.54, 1.807) is 28.9 Å². The lowest BCUT2D eigenvalue weighted by Crippen LogP contribution is -2.28. The Morgan fingerprint density at radius 2 is 2.38 bits per heavy atom. The molecule has 128 valence electrons. The molecule has 3 rings (SSSR count). The molecule has 1 fully saturated rings. The number of aromatic nitrogens is 2. The van der Waals surface area contributed by atoms with Gasteiger partial charge in [-0.25, -0.2) is 4.39 Å². The third-order valence-corrected chi connectivity index (χ3v) is 4.15. The van der Waals surface area contributed by atoms with Crippen LogP contribution in [0, 0.1) is 5.92 Å². The average molecular weight is 332 g/mol. The second-order valence-corrected chi connectivity index (χ2v) is 5.87. The highest BCUT2D eigenvalue weighted by molar-refractivity contribution is 5.93. The first kappa shape index (κ1) is 16.4. The Morgan fingerprint density at radius 3 is 3.12 bits per heavy atom. The number of aryl methyl sites for hydroxylation is 1. The fourth-order valence-corrected chi connectivity index (χ4v) is 2.99.